The summed E-state index contributed by atoms with van der Waals surface area (Å²) < 4.78 is 3.52. The zero-order chi connectivity index (χ0) is 13.4. The molecule has 0 amide bonds. The number of hydrogen-bond donors (Lipinski definition) is 0. The summed E-state index contributed by atoms with van der Waals surface area (Å²) in [6.45, 7) is 5.16. The van der Waals surface area contributed by atoms with Gasteiger partial charge in [-0.15, -0.1) is 0 Å². The Kier molecular flexibility index (Phi) is 3.31. The van der Waals surface area contributed by atoms with Crippen LogP contribution in [-0.2, 0) is 6.54 Å². The number of nitrogens with zero attached hydrogens (tertiary/aromatic N) is 2. The minimum Gasteiger partial charge on any atom is -0.326 e. The van der Waals surface area contributed by atoms with E-state index < -0.39 is 0 Å². The lowest BCUT2D eigenvalue weighted by molar-refractivity contribution is 0.820. The van der Waals surface area contributed by atoms with E-state index in [-0.39, 0.29) is 0 Å². The van der Waals surface area contributed by atoms with Gasteiger partial charge in [-0.05, 0) is 71.3 Å². The zero-order valence-electron chi connectivity index (χ0n) is 11.0. The summed E-state index contributed by atoms with van der Waals surface area (Å²) in [6.07, 6.45) is 1.94. The van der Waals surface area contributed by atoms with Crippen molar-refractivity contribution in [1.29, 1.82) is 0 Å². The topological polar surface area (TPSA) is 17.8 Å². The fraction of sp³-hybridized carbons (Fsp3) is 0.188. The molecule has 3 heteroatoms. The molecular formula is C16H15IN2. The highest BCUT2D eigenvalue weighted by molar-refractivity contribution is 14.1. The largest absolute Gasteiger partial charge is 0.326 e. The molecular weight excluding hydrogens is 347 g/mol. The summed E-state index contributed by atoms with van der Waals surface area (Å²) in [5.41, 5.74) is 6.24. The molecule has 0 unspecified atom stereocenters. The Morgan fingerprint density at radius 2 is 1.84 bits per heavy atom. The molecule has 0 bridgehead atoms. The fourth-order valence-corrected chi connectivity index (χ4v) is 2.81. The lowest BCUT2D eigenvalue weighted by Crippen LogP contribution is -2.00. The summed E-state index contributed by atoms with van der Waals surface area (Å²) in [5.74, 6) is 0. The third-order valence-electron chi connectivity index (χ3n) is 3.54. The van der Waals surface area contributed by atoms with E-state index in [1.165, 1.54) is 25.8 Å². The van der Waals surface area contributed by atoms with Gasteiger partial charge in [-0.3, -0.25) is 0 Å². The quantitative estimate of drug-likeness (QED) is 0.622. The lowest BCUT2D eigenvalue weighted by Gasteiger charge is -2.08. The van der Waals surface area contributed by atoms with Crippen LogP contribution in [0.15, 0.2) is 42.7 Å². The van der Waals surface area contributed by atoms with Gasteiger partial charge in [0.25, 0.3) is 0 Å². The second-order valence-corrected chi connectivity index (χ2v) is 6.05. The molecule has 19 heavy (non-hydrogen) atoms. The van der Waals surface area contributed by atoms with Gasteiger partial charge in [0.15, 0.2) is 0 Å². The van der Waals surface area contributed by atoms with Crippen LogP contribution in [0.3, 0.4) is 0 Å². The number of imidazole rings is 1. The van der Waals surface area contributed by atoms with Crippen molar-refractivity contribution in [2.45, 2.75) is 20.4 Å². The highest BCUT2D eigenvalue weighted by Gasteiger charge is 2.06. The molecule has 0 aliphatic rings. The molecule has 2 nitrogen and oxygen atoms in total. The maximum Gasteiger partial charge on any atom is 0.0961 e. The van der Waals surface area contributed by atoms with Crippen LogP contribution in [0.4, 0.5) is 0 Å². The molecule has 1 heterocycles. The third-order valence-corrected chi connectivity index (χ3v) is 4.59. The summed E-state index contributed by atoms with van der Waals surface area (Å²) >= 11 is 2.39. The highest BCUT2D eigenvalue weighted by atomic mass is 127. The number of aromatic nitrogens is 2. The second-order valence-electron chi connectivity index (χ2n) is 4.89. The molecule has 3 rings (SSSR count). The minimum absolute atomic E-state index is 0.873. The Morgan fingerprint density at radius 3 is 2.63 bits per heavy atom. The normalized spacial score (nSPS) is 11.1. The maximum atomic E-state index is 4.51. The molecule has 3 aromatic rings. The number of fused-ring (bicyclic) bond motifs is 1. The molecule has 0 fully saturated rings. The lowest BCUT2D eigenvalue weighted by atomic mass is 10.1. The summed E-state index contributed by atoms with van der Waals surface area (Å²) in [7, 11) is 0. The van der Waals surface area contributed by atoms with Gasteiger partial charge >= 0.3 is 0 Å². The van der Waals surface area contributed by atoms with Gasteiger partial charge in [0.2, 0.25) is 0 Å². The number of aryl methyl sites for hydroxylation is 2. The van der Waals surface area contributed by atoms with Gasteiger partial charge in [-0.1, -0.05) is 18.2 Å². The molecule has 0 saturated carbocycles. The van der Waals surface area contributed by atoms with Crippen molar-refractivity contribution in [3.8, 4) is 0 Å². The van der Waals surface area contributed by atoms with Crippen LogP contribution in [0, 0.1) is 17.4 Å². The monoisotopic (exact) mass is 362 g/mol. The van der Waals surface area contributed by atoms with Gasteiger partial charge in [0.05, 0.1) is 23.9 Å². The van der Waals surface area contributed by atoms with Crippen LogP contribution in [0.1, 0.15) is 16.7 Å². The molecule has 1 aromatic heterocycles. The zero-order valence-corrected chi connectivity index (χ0v) is 13.2. The van der Waals surface area contributed by atoms with Crippen molar-refractivity contribution in [2.24, 2.45) is 0 Å². The van der Waals surface area contributed by atoms with E-state index in [4.69, 9.17) is 0 Å². The highest BCUT2D eigenvalue weighted by Crippen LogP contribution is 2.20. The predicted octanol–water partition coefficient (Wildman–Crippen LogP) is 4.31. The Bertz CT molecular complexity index is 744. The van der Waals surface area contributed by atoms with Gasteiger partial charge in [0.1, 0.15) is 0 Å². The first-order chi connectivity index (χ1) is 9.15. The standard InChI is InChI=1S/C16H15IN2/c1-11-7-15-16(8-12(11)2)19(10-18-15)9-13-5-3-4-6-14(13)17/h3-8,10H,9H2,1-2H3. The van der Waals surface area contributed by atoms with Crippen molar-refractivity contribution >= 4 is 33.6 Å². The molecule has 0 N–H and O–H groups in total. The van der Waals surface area contributed by atoms with Crippen molar-refractivity contribution in [3.05, 3.63) is 63.0 Å². The van der Waals surface area contributed by atoms with E-state index in [2.05, 4.69) is 82.4 Å². The van der Waals surface area contributed by atoms with Gasteiger partial charge in [-0.25, -0.2) is 4.98 Å². The van der Waals surface area contributed by atoms with Gasteiger partial charge in [-0.2, -0.15) is 0 Å². The molecule has 0 aliphatic heterocycles. The van der Waals surface area contributed by atoms with E-state index in [9.17, 15) is 0 Å². The Morgan fingerprint density at radius 1 is 1.11 bits per heavy atom. The average molecular weight is 362 g/mol. The van der Waals surface area contributed by atoms with Crippen LogP contribution < -0.4 is 0 Å². The van der Waals surface area contributed by atoms with Crippen molar-refractivity contribution in [1.82, 2.24) is 9.55 Å². The summed E-state index contributed by atoms with van der Waals surface area (Å²) in [4.78, 5) is 4.51. The number of benzene rings is 2. The second kappa shape index (κ2) is 4.96. The van der Waals surface area contributed by atoms with Crippen molar-refractivity contribution < 1.29 is 0 Å². The average Bonchev–Trinajstić information content (AvgIpc) is 2.76. The summed E-state index contributed by atoms with van der Waals surface area (Å²) in [6, 6.07) is 12.9. The Labute approximate surface area is 126 Å². The Hall–Kier alpha value is -1.36. The number of hydrogen-bond acceptors (Lipinski definition) is 1. The maximum absolute atomic E-state index is 4.51. The van der Waals surface area contributed by atoms with Gasteiger partial charge < -0.3 is 4.57 Å². The van der Waals surface area contributed by atoms with E-state index >= 15 is 0 Å². The predicted molar refractivity (Wildman–Crippen MR) is 87.5 cm³/mol. The van der Waals surface area contributed by atoms with Crippen molar-refractivity contribution in [2.75, 3.05) is 0 Å². The van der Waals surface area contributed by atoms with Crippen LogP contribution in [-0.4, -0.2) is 9.55 Å². The van der Waals surface area contributed by atoms with Crippen LogP contribution >= 0.6 is 22.6 Å². The van der Waals surface area contributed by atoms with E-state index in [0.29, 0.717) is 0 Å². The SMILES string of the molecule is Cc1cc2ncn(Cc3ccccc3I)c2cc1C. The van der Waals surface area contributed by atoms with Crippen LogP contribution in [0.25, 0.3) is 11.0 Å². The Balaban J connectivity index is 2.07. The molecule has 96 valence electrons. The first-order valence-corrected chi connectivity index (χ1v) is 7.38. The van der Waals surface area contributed by atoms with Gasteiger partial charge in [0, 0.05) is 3.57 Å². The smallest absolute Gasteiger partial charge is 0.0961 e. The molecule has 0 spiro atoms. The molecule has 0 atom stereocenters. The molecule has 0 aliphatic carbocycles. The summed E-state index contributed by atoms with van der Waals surface area (Å²) in [5, 5.41) is 0. The number of rotatable bonds is 2. The third kappa shape index (κ3) is 2.39. The minimum atomic E-state index is 0.873. The molecule has 0 radical (unpaired) electrons. The van der Waals surface area contributed by atoms with E-state index in [1.54, 1.807) is 0 Å². The van der Waals surface area contributed by atoms with E-state index in [1.807, 2.05) is 6.33 Å². The van der Waals surface area contributed by atoms with Crippen molar-refractivity contribution in [3.63, 3.8) is 0 Å². The van der Waals surface area contributed by atoms with Crippen LogP contribution in [0.2, 0.25) is 0 Å². The van der Waals surface area contributed by atoms with Crippen LogP contribution in [0.5, 0.6) is 0 Å². The first kappa shape index (κ1) is 12.7. The molecule has 2 aromatic carbocycles. The van der Waals surface area contributed by atoms with E-state index in [0.717, 1.165) is 12.1 Å². The fourth-order valence-electron chi connectivity index (χ4n) is 2.25. The number of halogens is 1. The molecule has 0 saturated heterocycles. The first-order valence-electron chi connectivity index (χ1n) is 6.30.